The lowest BCUT2D eigenvalue weighted by atomic mass is 10.2. The monoisotopic (exact) mass is 232 g/mol. The SMILES string of the molecule is O=C(/C=C\c1ccccc1)NN1CCOCC1. The van der Waals surface area contributed by atoms with E-state index in [1.54, 1.807) is 12.2 Å². The molecule has 0 radical (unpaired) electrons. The first-order chi connectivity index (χ1) is 8.34. The lowest BCUT2D eigenvalue weighted by Gasteiger charge is -2.26. The van der Waals surface area contributed by atoms with Crippen LogP contribution in [0.5, 0.6) is 0 Å². The van der Waals surface area contributed by atoms with Crippen LogP contribution >= 0.6 is 0 Å². The average molecular weight is 232 g/mol. The predicted octanol–water partition coefficient (Wildman–Crippen LogP) is 1.06. The number of morpholine rings is 1. The zero-order chi connectivity index (χ0) is 11.9. The topological polar surface area (TPSA) is 41.6 Å². The highest BCUT2D eigenvalue weighted by molar-refractivity contribution is 5.91. The molecule has 0 aliphatic carbocycles. The summed E-state index contributed by atoms with van der Waals surface area (Å²) in [5.41, 5.74) is 3.83. The Hall–Kier alpha value is -1.65. The Bertz CT molecular complexity index is 384. The van der Waals surface area contributed by atoms with Gasteiger partial charge in [0.1, 0.15) is 0 Å². The summed E-state index contributed by atoms with van der Waals surface area (Å²) in [6.45, 7) is 2.82. The van der Waals surface area contributed by atoms with Crippen molar-refractivity contribution in [2.24, 2.45) is 0 Å². The second-order valence-corrected chi connectivity index (χ2v) is 3.82. The van der Waals surface area contributed by atoms with Crippen molar-refractivity contribution in [2.75, 3.05) is 26.3 Å². The van der Waals surface area contributed by atoms with Crippen LogP contribution < -0.4 is 5.43 Å². The summed E-state index contributed by atoms with van der Waals surface area (Å²) in [6, 6.07) is 9.75. The Labute approximate surface area is 101 Å². The first-order valence-corrected chi connectivity index (χ1v) is 5.71. The van der Waals surface area contributed by atoms with Gasteiger partial charge in [-0.25, -0.2) is 5.01 Å². The second kappa shape index (κ2) is 6.18. The number of hydrazine groups is 1. The van der Waals surface area contributed by atoms with Crippen LogP contribution in [0.25, 0.3) is 6.08 Å². The summed E-state index contributed by atoms with van der Waals surface area (Å²) < 4.78 is 5.20. The molecule has 1 N–H and O–H groups in total. The fourth-order valence-corrected chi connectivity index (χ4v) is 1.60. The summed E-state index contributed by atoms with van der Waals surface area (Å²) in [4.78, 5) is 11.6. The number of benzene rings is 1. The van der Waals surface area contributed by atoms with Crippen LogP contribution in [-0.4, -0.2) is 37.2 Å². The van der Waals surface area contributed by atoms with Gasteiger partial charge in [-0.15, -0.1) is 0 Å². The van der Waals surface area contributed by atoms with E-state index in [0.717, 1.165) is 18.7 Å². The number of nitrogens with zero attached hydrogens (tertiary/aromatic N) is 1. The van der Waals surface area contributed by atoms with Gasteiger partial charge in [0.15, 0.2) is 0 Å². The number of hydrogen-bond acceptors (Lipinski definition) is 3. The number of hydrogen-bond donors (Lipinski definition) is 1. The molecule has 0 bridgehead atoms. The largest absolute Gasteiger partial charge is 0.379 e. The van der Waals surface area contributed by atoms with Gasteiger partial charge in [-0.3, -0.25) is 10.2 Å². The molecule has 1 aliphatic rings. The van der Waals surface area contributed by atoms with Gasteiger partial charge in [-0.1, -0.05) is 30.3 Å². The number of nitrogens with one attached hydrogen (secondary N) is 1. The lowest BCUT2D eigenvalue weighted by Crippen LogP contribution is -2.47. The van der Waals surface area contributed by atoms with Crippen molar-refractivity contribution in [2.45, 2.75) is 0 Å². The molecule has 0 saturated carbocycles. The van der Waals surface area contributed by atoms with Crippen LogP contribution in [0.15, 0.2) is 36.4 Å². The van der Waals surface area contributed by atoms with E-state index in [-0.39, 0.29) is 5.91 Å². The minimum Gasteiger partial charge on any atom is -0.379 e. The molecule has 1 fully saturated rings. The molecule has 1 aromatic rings. The molecule has 4 nitrogen and oxygen atoms in total. The van der Waals surface area contributed by atoms with Crippen molar-refractivity contribution >= 4 is 12.0 Å². The van der Waals surface area contributed by atoms with Gasteiger partial charge < -0.3 is 4.74 Å². The van der Waals surface area contributed by atoms with Crippen molar-refractivity contribution in [1.29, 1.82) is 0 Å². The Morgan fingerprint density at radius 2 is 1.94 bits per heavy atom. The van der Waals surface area contributed by atoms with E-state index in [1.807, 2.05) is 35.3 Å². The smallest absolute Gasteiger partial charge is 0.258 e. The molecule has 0 aromatic heterocycles. The summed E-state index contributed by atoms with van der Waals surface area (Å²) in [7, 11) is 0. The summed E-state index contributed by atoms with van der Waals surface area (Å²) >= 11 is 0. The van der Waals surface area contributed by atoms with E-state index >= 15 is 0 Å². The van der Waals surface area contributed by atoms with Gasteiger partial charge in [-0.05, 0) is 11.6 Å². The third-order valence-corrected chi connectivity index (χ3v) is 2.51. The first kappa shape index (κ1) is 11.8. The molecule has 4 heteroatoms. The molecule has 1 amide bonds. The fraction of sp³-hybridized carbons (Fsp3) is 0.308. The molecular weight excluding hydrogens is 216 g/mol. The van der Waals surface area contributed by atoms with E-state index in [4.69, 9.17) is 4.74 Å². The first-order valence-electron chi connectivity index (χ1n) is 5.71. The van der Waals surface area contributed by atoms with Crippen molar-refractivity contribution in [1.82, 2.24) is 10.4 Å². The van der Waals surface area contributed by atoms with E-state index in [1.165, 1.54) is 0 Å². The fourth-order valence-electron chi connectivity index (χ4n) is 1.60. The summed E-state index contributed by atoms with van der Waals surface area (Å²) in [5, 5.41) is 1.88. The third-order valence-electron chi connectivity index (χ3n) is 2.51. The number of carbonyl (C=O) groups is 1. The molecule has 0 unspecified atom stereocenters. The minimum absolute atomic E-state index is 0.101. The highest BCUT2D eigenvalue weighted by Crippen LogP contribution is 2.00. The predicted molar refractivity (Wildman–Crippen MR) is 66.0 cm³/mol. The standard InChI is InChI=1S/C13H16N2O2/c16-13(14-15-8-10-17-11-9-15)7-6-12-4-2-1-3-5-12/h1-7H,8-11H2,(H,14,16)/b7-6-. The minimum atomic E-state index is -0.101. The number of rotatable bonds is 3. The summed E-state index contributed by atoms with van der Waals surface area (Å²) in [5.74, 6) is -0.101. The number of amides is 1. The Balaban J connectivity index is 1.82. The van der Waals surface area contributed by atoms with E-state index < -0.39 is 0 Å². The molecule has 0 atom stereocenters. The Kier molecular flexibility index (Phi) is 4.30. The van der Waals surface area contributed by atoms with E-state index in [2.05, 4.69) is 5.43 Å². The highest BCUT2D eigenvalue weighted by atomic mass is 16.5. The van der Waals surface area contributed by atoms with Crippen molar-refractivity contribution in [3.63, 3.8) is 0 Å². The zero-order valence-corrected chi connectivity index (χ0v) is 9.63. The van der Waals surface area contributed by atoms with Crippen LogP contribution in [0.1, 0.15) is 5.56 Å². The Morgan fingerprint density at radius 3 is 2.65 bits per heavy atom. The average Bonchev–Trinajstić information content (AvgIpc) is 2.39. The zero-order valence-electron chi connectivity index (χ0n) is 9.63. The van der Waals surface area contributed by atoms with Gasteiger partial charge in [0, 0.05) is 19.2 Å². The maximum absolute atomic E-state index is 11.6. The molecular formula is C13H16N2O2. The van der Waals surface area contributed by atoms with Crippen LogP contribution in [0.4, 0.5) is 0 Å². The van der Waals surface area contributed by atoms with Crippen molar-refractivity contribution < 1.29 is 9.53 Å². The highest BCUT2D eigenvalue weighted by Gasteiger charge is 2.10. The van der Waals surface area contributed by atoms with Crippen LogP contribution in [0, 0.1) is 0 Å². The van der Waals surface area contributed by atoms with Crippen LogP contribution in [0.3, 0.4) is 0 Å². The van der Waals surface area contributed by atoms with Gasteiger partial charge in [0.2, 0.25) is 0 Å². The third kappa shape index (κ3) is 4.01. The molecule has 0 spiro atoms. The lowest BCUT2D eigenvalue weighted by molar-refractivity contribution is -0.123. The maximum Gasteiger partial charge on any atom is 0.258 e. The molecule has 90 valence electrons. The van der Waals surface area contributed by atoms with Crippen LogP contribution in [-0.2, 0) is 9.53 Å². The van der Waals surface area contributed by atoms with Gasteiger partial charge in [0.25, 0.3) is 5.91 Å². The number of carbonyl (C=O) groups excluding carboxylic acids is 1. The van der Waals surface area contributed by atoms with Gasteiger partial charge in [0.05, 0.1) is 13.2 Å². The molecule has 17 heavy (non-hydrogen) atoms. The molecule has 1 saturated heterocycles. The maximum atomic E-state index is 11.6. The van der Waals surface area contributed by atoms with Crippen molar-refractivity contribution in [3.8, 4) is 0 Å². The second-order valence-electron chi connectivity index (χ2n) is 3.82. The van der Waals surface area contributed by atoms with Gasteiger partial charge >= 0.3 is 0 Å². The quantitative estimate of drug-likeness (QED) is 0.792. The Morgan fingerprint density at radius 1 is 1.24 bits per heavy atom. The molecule has 1 aromatic carbocycles. The van der Waals surface area contributed by atoms with E-state index in [0.29, 0.717) is 13.2 Å². The van der Waals surface area contributed by atoms with Gasteiger partial charge in [-0.2, -0.15) is 0 Å². The molecule has 1 aliphatic heterocycles. The normalized spacial score (nSPS) is 17.2. The molecule has 1 heterocycles. The van der Waals surface area contributed by atoms with E-state index in [9.17, 15) is 4.79 Å². The van der Waals surface area contributed by atoms with Crippen molar-refractivity contribution in [3.05, 3.63) is 42.0 Å². The summed E-state index contributed by atoms with van der Waals surface area (Å²) in [6.07, 6.45) is 3.35. The van der Waals surface area contributed by atoms with Crippen LogP contribution in [0.2, 0.25) is 0 Å². The molecule has 2 rings (SSSR count). The number of ether oxygens (including phenoxy) is 1.